The minimum atomic E-state index is 0.0707. The Morgan fingerprint density at radius 1 is 1.43 bits per heavy atom. The van der Waals surface area contributed by atoms with Gasteiger partial charge in [0, 0.05) is 18.8 Å². The highest BCUT2D eigenvalue weighted by molar-refractivity contribution is 8.15. The van der Waals surface area contributed by atoms with E-state index in [2.05, 4.69) is 24.9 Å². The van der Waals surface area contributed by atoms with Crippen LogP contribution in [0, 0.1) is 5.41 Å². The first kappa shape index (κ1) is 18.2. The van der Waals surface area contributed by atoms with Crippen molar-refractivity contribution in [2.24, 2.45) is 10.4 Å². The zero-order valence-corrected chi connectivity index (χ0v) is 15.8. The Kier molecular flexibility index (Phi) is 6.41. The number of thioether (sulfide) groups is 2. The third kappa shape index (κ3) is 4.91. The third-order valence-electron chi connectivity index (χ3n) is 3.62. The van der Waals surface area contributed by atoms with E-state index in [1.54, 1.807) is 18.9 Å². The van der Waals surface area contributed by atoms with Crippen LogP contribution < -0.4 is 4.74 Å². The fraction of sp³-hybridized carbons (Fsp3) is 0.529. The van der Waals surface area contributed by atoms with Gasteiger partial charge in [0.1, 0.15) is 5.75 Å². The molecule has 23 heavy (non-hydrogen) atoms. The van der Waals surface area contributed by atoms with E-state index in [0.717, 1.165) is 35.2 Å². The fourth-order valence-corrected chi connectivity index (χ4v) is 3.97. The molecule has 1 saturated heterocycles. The van der Waals surface area contributed by atoms with Gasteiger partial charge >= 0.3 is 0 Å². The van der Waals surface area contributed by atoms with Gasteiger partial charge in [-0.2, -0.15) is 0 Å². The van der Waals surface area contributed by atoms with Crippen LogP contribution in [-0.2, 0) is 6.42 Å². The number of carbonyl (C=O) groups excluding carboxylic acids is 1. The van der Waals surface area contributed by atoms with Gasteiger partial charge < -0.3 is 4.74 Å². The van der Waals surface area contributed by atoms with Crippen LogP contribution in [0.1, 0.15) is 19.4 Å². The molecular weight excluding hydrogens is 328 g/mol. The number of aliphatic imine (C=N–C) groups is 1. The molecule has 1 aliphatic heterocycles. The number of amidine groups is 1. The quantitative estimate of drug-likeness (QED) is 0.816. The molecule has 0 unspecified atom stereocenters. The van der Waals surface area contributed by atoms with Crippen molar-refractivity contribution in [2.75, 3.05) is 32.2 Å². The molecule has 1 heterocycles. The first-order chi connectivity index (χ1) is 11.0. The van der Waals surface area contributed by atoms with Crippen molar-refractivity contribution >= 4 is 33.9 Å². The fourth-order valence-electron chi connectivity index (χ4n) is 2.44. The lowest BCUT2D eigenvalue weighted by Gasteiger charge is -2.37. The maximum Gasteiger partial charge on any atom is 0.287 e. The number of amides is 1. The summed E-state index contributed by atoms with van der Waals surface area (Å²) in [6, 6.07) is 7.99. The number of hydrogen-bond donors (Lipinski definition) is 0. The number of hydrogen-bond acceptors (Lipinski definition) is 5. The largest absolute Gasteiger partial charge is 0.496 e. The van der Waals surface area contributed by atoms with E-state index >= 15 is 0 Å². The Morgan fingerprint density at radius 2 is 2.17 bits per heavy atom. The normalized spacial score (nSPS) is 19.0. The van der Waals surface area contributed by atoms with Crippen molar-refractivity contribution in [3.63, 3.8) is 0 Å². The average molecular weight is 353 g/mol. The van der Waals surface area contributed by atoms with Gasteiger partial charge in [0.25, 0.3) is 5.24 Å². The highest BCUT2D eigenvalue weighted by atomic mass is 32.2. The van der Waals surface area contributed by atoms with Gasteiger partial charge in [0.15, 0.2) is 5.17 Å². The molecule has 1 aromatic rings. The molecule has 0 aliphatic carbocycles. The van der Waals surface area contributed by atoms with E-state index in [9.17, 15) is 4.79 Å². The Labute approximate surface area is 147 Å². The lowest BCUT2D eigenvalue weighted by molar-refractivity contribution is 0.229. The number of methoxy groups -OCH3 is 1. The topological polar surface area (TPSA) is 41.9 Å². The van der Waals surface area contributed by atoms with Crippen molar-refractivity contribution < 1.29 is 9.53 Å². The molecule has 1 fully saturated rings. The highest BCUT2D eigenvalue weighted by Crippen LogP contribution is 2.32. The summed E-state index contributed by atoms with van der Waals surface area (Å²) in [6.45, 7) is 5.76. The molecule has 2 rings (SSSR count). The van der Waals surface area contributed by atoms with Crippen LogP contribution in [0.15, 0.2) is 29.3 Å². The molecule has 0 radical (unpaired) electrons. The Morgan fingerprint density at radius 3 is 2.87 bits per heavy atom. The SMILES string of the molecule is COc1ccccc1CCN=C1SCC(C)(C)CN1C(=O)SC. The first-order valence-electron chi connectivity index (χ1n) is 7.61. The summed E-state index contributed by atoms with van der Waals surface area (Å²) in [5.74, 6) is 1.88. The van der Waals surface area contributed by atoms with Gasteiger partial charge in [0.05, 0.1) is 7.11 Å². The summed E-state index contributed by atoms with van der Waals surface area (Å²) in [5.41, 5.74) is 1.26. The standard InChI is InChI=1S/C17H24N2O2S2/c1-17(2)11-19(16(20)22-4)15(23-12-17)18-10-9-13-7-5-6-8-14(13)21-3/h5-8H,9-12H2,1-4H3. The van der Waals surface area contributed by atoms with Crippen LogP contribution in [0.4, 0.5) is 4.79 Å². The Hall–Kier alpha value is -1.14. The first-order valence-corrected chi connectivity index (χ1v) is 9.82. The second-order valence-electron chi connectivity index (χ2n) is 6.24. The van der Waals surface area contributed by atoms with E-state index in [1.807, 2.05) is 29.4 Å². The summed E-state index contributed by atoms with van der Waals surface area (Å²) in [7, 11) is 1.68. The molecule has 0 aromatic heterocycles. The monoisotopic (exact) mass is 352 g/mol. The lowest BCUT2D eigenvalue weighted by atomic mass is 9.96. The Bertz CT molecular complexity index is 588. The number of rotatable bonds is 4. The second-order valence-corrected chi connectivity index (χ2v) is 7.94. The van der Waals surface area contributed by atoms with Crippen LogP contribution in [0.5, 0.6) is 5.75 Å². The van der Waals surface area contributed by atoms with Crippen molar-refractivity contribution in [1.29, 1.82) is 0 Å². The zero-order chi connectivity index (χ0) is 16.9. The third-order valence-corrected chi connectivity index (χ3v) is 5.73. The molecule has 126 valence electrons. The summed E-state index contributed by atoms with van der Waals surface area (Å²) in [5, 5.41) is 0.917. The van der Waals surface area contributed by atoms with Crippen LogP contribution >= 0.6 is 23.5 Å². The van der Waals surface area contributed by atoms with Gasteiger partial charge in [-0.15, -0.1) is 0 Å². The number of benzene rings is 1. The number of nitrogens with zero attached hydrogens (tertiary/aromatic N) is 2. The van der Waals surface area contributed by atoms with Crippen LogP contribution in [-0.4, -0.2) is 47.5 Å². The summed E-state index contributed by atoms with van der Waals surface area (Å²) in [6.07, 6.45) is 2.62. The van der Waals surface area contributed by atoms with Crippen LogP contribution in [0.25, 0.3) is 0 Å². The van der Waals surface area contributed by atoms with Crippen LogP contribution in [0.3, 0.4) is 0 Å². The maximum absolute atomic E-state index is 12.2. The molecule has 0 saturated carbocycles. The van der Waals surface area contributed by atoms with E-state index in [-0.39, 0.29) is 10.7 Å². The molecule has 4 nitrogen and oxygen atoms in total. The minimum absolute atomic E-state index is 0.0707. The molecule has 1 aromatic carbocycles. The average Bonchev–Trinajstić information content (AvgIpc) is 2.55. The summed E-state index contributed by atoms with van der Waals surface area (Å²) < 4.78 is 5.37. The molecule has 1 amide bonds. The van der Waals surface area contributed by atoms with E-state index in [0.29, 0.717) is 6.54 Å². The predicted octanol–water partition coefficient (Wildman–Crippen LogP) is 4.15. The van der Waals surface area contributed by atoms with Gasteiger partial charge in [-0.25, -0.2) is 0 Å². The second kappa shape index (κ2) is 8.11. The van der Waals surface area contributed by atoms with Gasteiger partial charge in [-0.05, 0) is 29.7 Å². The lowest BCUT2D eigenvalue weighted by Crippen LogP contribution is -2.45. The van der Waals surface area contributed by atoms with Gasteiger partial charge in [-0.3, -0.25) is 14.7 Å². The highest BCUT2D eigenvalue weighted by Gasteiger charge is 2.33. The van der Waals surface area contributed by atoms with Crippen molar-refractivity contribution in [3.8, 4) is 5.75 Å². The molecule has 0 atom stereocenters. The molecule has 0 N–H and O–H groups in total. The van der Waals surface area contributed by atoms with Gasteiger partial charge in [0.2, 0.25) is 0 Å². The smallest absolute Gasteiger partial charge is 0.287 e. The summed E-state index contributed by atoms with van der Waals surface area (Å²) >= 11 is 2.92. The minimum Gasteiger partial charge on any atom is -0.496 e. The number of ether oxygens (including phenoxy) is 1. The number of para-hydroxylation sites is 1. The molecule has 6 heteroatoms. The predicted molar refractivity (Wildman–Crippen MR) is 101 cm³/mol. The van der Waals surface area contributed by atoms with E-state index < -0.39 is 0 Å². The number of carbonyl (C=O) groups is 1. The van der Waals surface area contributed by atoms with E-state index in [1.165, 1.54) is 11.8 Å². The van der Waals surface area contributed by atoms with E-state index in [4.69, 9.17) is 4.74 Å². The molecular formula is C17H24N2O2S2. The Balaban J connectivity index is 2.06. The summed E-state index contributed by atoms with van der Waals surface area (Å²) in [4.78, 5) is 18.7. The van der Waals surface area contributed by atoms with Gasteiger partial charge in [-0.1, -0.05) is 55.6 Å². The molecule has 0 spiro atoms. The van der Waals surface area contributed by atoms with Crippen molar-refractivity contribution in [3.05, 3.63) is 29.8 Å². The maximum atomic E-state index is 12.2. The molecule has 0 bridgehead atoms. The molecule has 1 aliphatic rings. The zero-order valence-electron chi connectivity index (χ0n) is 14.2. The van der Waals surface area contributed by atoms with Crippen molar-refractivity contribution in [1.82, 2.24) is 4.90 Å². The van der Waals surface area contributed by atoms with Crippen LogP contribution in [0.2, 0.25) is 0 Å². The van der Waals surface area contributed by atoms with Crippen molar-refractivity contribution in [2.45, 2.75) is 20.3 Å².